The number of benzene rings is 1. The fraction of sp³-hybridized carbons (Fsp3) is 0.0769. The van der Waals surface area contributed by atoms with Crippen LogP contribution in [0.5, 0.6) is 0 Å². The van der Waals surface area contributed by atoms with Crippen molar-refractivity contribution in [1.29, 1.82) is 0 Å². The number of nitrogens with zero attached hydrogens (tertiary/aromatic N) is 2. The molecule has 0 saturated heterocycles. The molecule has 5 heteroatoms. The second-order valence-corrected chi connectivity index (χ2v) is 3.91. The van der Waals surface area contributed by atoms with Crippen molar-refractivity contribution in [3.05, 3.63) is 58.7 Å². The van der Waals surface area contributed by atoms with Gasteiger partial charge in [0.2, 0.25) is 0 Å². The molecule has 0 bridgehead atoms. The lowest BCUT2D eigenvalue weighted by Crippen LogP contribution is -2.06. The van der Waals surface area contributed by atoms with E-state index in [4.69, 9.17) is 10.2 Å². The van der Waals surface area contributed by atoms with Crippen LogP contribution in [-0.4, -0.2) is 9.78 Å². The monoisotopic (exact) mass is 241 g/mol. The predicted molar refractivity (Wildman–Crippen MR) is 67.5 cm³/mol. The van der Waals surface area contributed by atoms with Crippen molar-refractivity contribution < 1.29 is 4.42 Å². The molecular weight excluding hydrogens is 230 g/mol. The van der Waals surface area contributed by atoms with E-state index in [1.165, 1.54) is 6.07 Å². The third-order valence-corrected chi connectivity index (χ3v) is 2.73. The normalized spacial score (nSPS) is 10.9. The van der Waals surface area contributed by atoms with Crippen LogP contribution >= 0.6 is 0 Å². The molecule has 18 heavy (non-hydrogen) atoms. The van der Waals surface area contributed by atoms with Crippen LogP contribution in [0.1, 0.15) is 5.76 Å². The molecule has 5 nitrogen and oxygen atoms in total. The van der Waals surface area contributed by atoms with Crippen LogP contribution in [0.25, 0.3) is 16.7 Å². The summed E-state index contributed by atoms with van der Waals surface area (Å²) in [6, 6.07) is 8.61. The van der Waals surface area contributed by atoms with Gasteiger partial charge in [-0.3, -0.25) is 4.79 Å². The second-order valence-electron chi connectivity index (χ2n) is 3.91. The lowest BCUT2D eigenvalue weighted by atomic mass is 10.2. The van der Waals surface area contributed by atoms with E-state index in [-0.39, 0.29) is 12.0 Å². The Labute approximate surface area is 102 Å². The number of aromatic nitrogens is 2. The zero-order valence-corrected chi connectivity index (χ0v) is 9.54. The van der Waals surface area contributed by atoms with Gasteiger partial charge in [0.15, 0.2) is 5.43 Å². The van der Waals surface area contributed by atoms with Crippen molar-refractivity contribution in [1.82, 2.24) is 9.78 Å². The summed E-state index contributed by atoms with van der Waals surface area (Å²) in [4.78, 5) is 11.9. The lowest BCUT2D eigenvalue weighted by Gasteiger charge is -2.04. The van der Waals surface area contributed by atoms with Crippen LogP contribution in [0.3, 0.4) is 0 Å². The molecule has 3 aromatic rings. The molecule has 0 saturated carbocycles. The molecule has 0 aliphatic rings. The van der Waals surface area contributed by atoms with Gasteiger partial charge >= 0.3 is 0 Å². The summed E-state index contributed by atoms with van der Waals surface area (Å²) >= 11 is 0. The van der Waals surface area contributed by atoms with Crippen molar-refractivity contribution in [2.45, 2.75) is 6.54 Å². The molecule has 0 aliphatic heterocycles. The highest BCUT2D eigenvalue weighted by molar-refractivity contribution is 5.78. The second kappa shape index (κ2) is 4.12. The van der Waals surface area contributed by atoms with E-state index in [1.54, 1.807) is 23.0 Å². The highest BCUT2D eigenvalue weighted by Gasteiger charge is 2.06. The van der Waals surface area contributed by atoms with Gasteiger partial charge in [-0.1, -0.05) is 0 Å². The minimum atomic E-state index is -0.0919. The van der Waals surface area contributed by atoms with Gasteiger partial charge in [-0.05, 0) is 24.3 Å². The molecular formula is C13H11N3O2. The third-order valence-electron chi connectivity index (χ3n) is 2.73. The molecule has 2 heterocycles. The summed E-state index contributed by atoms with van der Waals surface area (Å²) in [7, 11) is 0. The molecule has 0 radical (unpaired) electrons. The van der Waals surface area contributed by atoms with E-state index in [0.29, 0.717) is 16.7 Å². The largest absolute Gasteiger partial charge is 0.459 e. The van der Waals surface area contributed by atoms with Gasteiger partial charge < -0.3 is 10.2 Å². The summed E-state index contributed by atoms with van der Waals surface area (Å²) in [6.07, 6.45) is 3.50. The standard InChI is InChI=1S/C13H11N3O2/c14-8-10-7-12(17)11-6-9(2-3-13(11)18-10)16-5-1-4-15-16/h1-7H,8,14H2. The molecule has 0 fully saturated rings. The smallest absolute Gasteiger partial charge is 0.193 e. The van der Waals surface area contributed by atoms with Crippen LogP contribution < -0.4 is 11.2 Å². The van der Waals surface area contributed by atoms with E-state index in [1.807, 2.05) is 18.3 Å². The van der Waals surface area contributed by atoms with E-state index < -0.39 is 0 Å². The highest BCUT2D eigenvalue weighted by Crippen LogP contribution is 2.16. The van der Waals surface area contributed by atoms with Crippen molar-refractivity contribution >= 4 is 11.0 Å². The summed E-state index contributed by atoms with van der Waals surface area (Å²) in [5.74, 6) is 0.485. The Morgan fingerprint density at radius 2 is 2.22 bits per heavy atom. The molecule has 0 atom stereocenters. The lowest BCUT2D eigenvalue weighted by molar-refractivity contribution is 0.539. The zero-order valence-electron chi connectivity index (χ0n) is 9.54. The summed E-state index contributed by atoms with van der Waals surface area (Å²) in [5.41, 5.74) is 6.74. The Morgan fingerprint density at radius 3 is 2.94 bits per heavy atom. The maximum atomic E-state index is 11.9. The van der Waals surface area contributed by atoms with Crippen LogP contribution in [0, 0.1) is 0 Å². The van der Waals surface area contributed by atoms with Crippen LogP contribution in [-0.2, 0) is 6.54 Å². The van der Waals surface area contributed by atoms with Crippen molar-refractivity contribution in [2.75, 3.05) is 0 Å². The fourth-order valence-electron chi connectivity index (χ4n) is 1.86. The highest BCUT2D eigenvalue weighted by atomic mass is 16.3. The first kappa shape index (κ1) is 10.7. The molecule has 0 aliphatic carbocycles. The van der Waals surface area contributed by atoms with Crippen molar-refractivity contribution in [3.63, 3.8) is 0 Å². The van der Waals surface area contributed by atoms with Gasteiger partial charge in [-0.25, -0.2) is 4.68 Å². The van der Waals surface area contributed by atoms with Gasteiger partial charge in [0.1, 0.15) is 11.3 Å². The van der Waals surface area contributed by atoms with E-state index in [0.717, 1.165) is 5.69 Å². The van der Waals surface area contributed by atoms with Crippen molar-refractivity contribution in [3.8, 4) is 5.69 Å². The zero-order chi connectivity index (χ0) is 12.5. The van der Waals surface area contributed by atoms with Gasteiger partial charge in [0, 0.05) is 18.5 Å². The first-order valence-corrected chi connectivity index (χ1v) is 5.55. The van der Waals surface area contributed by atoms with E-state index in [2.05, 4.69) is 5.10 Å². The fourth-order valence-corrected chi connectivity index (χ4v) is 1.86. The predicted octanol–water partition coefficient (Wildman–Crippen LogP) is 1.44. The number of hydrogen-bond acceptors (Lipinski definition) is 4. The van der Waals surface area contributed by atoms with Gasteiger partial charge in [0.05, 0.1) is 17.6 Å². The molecule has 2 N–H and O–H groups in total. The van der Waals surface area contributed by atoms with Crippen LogP contribution in [0.15, 0.2) is 51.9 Å². The molecule has 0 amide bonds. The maximum Gasteiger partial charge on any atom is 0.193 e. The molecule has 90 valence electrons. The number of hydrogen-bond donors (Lipinski definition) is 1. The minimum absolute atomic E-state index is 0.0919. The topological polar surface area (TPSA) is 74.1 Å². The number of nitrogens with two attached hydrogens (primary N) is 1. The molecule has 1 aromatic carbocycles. The summed E-state index contributed by atoms with van der Waals surface area (Å²) in [6.45, 7) is 0.214. The quantitative estimate of drug-likeness (QED) is 0.736. The molecule has 0 spiro atoms. The summed E-state index contributed by atoms with van der Waals surface area (Å²) < 4.78 is 7.20. The Morgan fingerprint density at radius 1 is 1.33 bits per heavy atom. The Balaban J connectivity index is 2.24. The molecule has 3 rings (SSSR count). The van der Waals surface area contributed by atoms with Gasteiger partial charge in [-0.2, -0.15) is 5.10 Å². The molecule has 2 aromatic heterocycles. The molecule has 0 unspecified atom stereocenters. The average molecular weight is 241 g/mol. The van der Waals surface area contributed by atoms with E-state index >= 15 is 0 Å². The first-order chi connectivity index (χ1) is 8.78. The van der Waals surface area contributed by atoms with Gasteiger partial charge in [-0.15, -0.1) is 0 Å². The number of rotatable bonds is 2. The Kier molecular flexibility index (Phi) is 2.46. The van der Waals surface area contributed by atoms with Crippen LogP contribution in [0.4, 0.5) is 0 Å². The Hall–Kier alpha value is -2.40. The minimum Gasteiger partial charge on any atom is -0.459 e. The van der Waals surface area contributed by atoms with Gasteiger partial charge in [0.25, 0.3) is 0 Å². The van der Waals surface area contributed by atoms with Crippen LogP contribution in [0.2, 0.25) is 0 Å². The van der Waals surface area contributed by atoms with E-state index in [9.17, 15) is 4.79 Å². The Bertz CT molecular complexity index is 745. The first-order valence-electron chi connectivity index (χ1n) is 5.55. The maximum absolute atomic E-state index is 11.9. The third kappa shape index (κ3) is 1.70. The number of fused-ring (bicyclic) bond motifs is 1. The van der Waals surface area contributed by atoms with Crippen molar-refractivity contribution in [2.24, 2.45) is 5.73 Å². The SMILES string of the molecule is NCc1cc(=O)c2cc(-n3cccn3)ccc2o1. The summed E-state index contributed by atoms with van der Waals surface area (Å²) in [5, 5.41) is 4.65. The average Bonchev–Trinajstić information content (AvgIpc) is 2.92.